The topological polar surface area (TPSA) is 22.1 Å². The highest BCUT2D eigenvalue weighted by atomic mass is 79.9. The molecule has 0 spiro atoms. The Bertz CT molecular complexity index is 596. The van der Waals surface area contributed by atoms with Crippen molar-refractivity contribution in [1.82, 2.24) is 4.98 Å². The zero-order valence-electron chi connectivity index (χ0n) is 11.8. The minimum atomic E-state index is 0.178. The van der Waals surface area contributed by atoms with Gasteiger partial charge in [-0.15, -0.1) is 0 Å². The normalized spacial score (nSPS) is 11.4. The average molecular weight is 355 g/mol. The Hall–Kier alpha value is -1.06. The molecule has 1 aromatic carbocycles. The molecule has 0 aliphatic heterocycles. The lowest BCUT2D eigenvalue weighted by atomic mass is 9.82. The van der Waals surface area contributed by atoms with Crippen molar-refractivity contribution in [3.8, 4) is 11.6 Å². The summed E-state index contributed by atoms with van der Waals surface area (Å²) in [5.41, 5.74) is 1.48. The standard InChI is InChI=1S/C16H17BrClNO/c1-4-16(2,3)11-5-7-13(8-6-11)20-15-14(17)9-12(18)10-19-15/h5-10H,4H2,1-3H3. The van der Waals surface area contributed by atoms with Crippen LogP contribution >= 0.6 is 27.5 Å². The van der Waals surface area contributed by atoms with E-state index in [0.717, 1.165) is 16.6 Å². The van der Waals surface area contributed by atoms with E-state index in [2.05, 4.69) is 53.8 Å². The molecule has 0 aliphatic carbocycles. The SMILES string of the molecule is CCC(C)(C)c1ccc(Oc2ncc(Cl)cc2Br)cc1. The Labute approximate surface area is 133 Å². The highest BCUT2D eigenvalue weighted by Gasteiger charge is 2.17. The van der Waals surface area contributed by atoms with Crippen molar-refractivity contribution in [3.05, 3.63) is 51.6 Å². The monoisotopic (exact) mass is 353 g/mol. The second kappa shape index (κ2) is 6.15. The van der Waals surface area contributed by atoms with Gasteiger partial charge in [0, 0.05) is 6.20 Å². The van der Waals surface area contributed by atoms with Gasteiger partial charge < -0.3 is 4.74 Å². The summed E-state index contributed by atoms with van der Waals surface area (Å²) in [5.74, 6) is 1.27. The van der Waals surface area contributed by atoms with Crippen LogP contribution in [-0.2, 0) is 5.41 Å². The average Bonchev–Trinajstić information content (AvgIpc) is 2.42. The Kier molecular flexibility index (Phi) is 4.71. The number of hydrogen-bond acceptors (Lipinski definition) is 2. The summed E-state index contributed by atoms with van der Waals surface area (Å²) in [5, 5.41) is 0.573. The van der Waals surface area contributed by atoms with Crippen molar-refractivity contribution < 1.29 is 4.74 Å². The molecule has 0 saturated carbocycles. The molecule has 0 aliphatic rings. The fraction of sp³-hybridized carbons (Fsp3) is 0.312. The Morgan fingerprint density at radius 1 is 1.25 bits per heavy atom. The summed E-state index contributed by atoms with van der Waals surface area (Å²) >= 11 is 9.25. The lowest BCUT2D eigenvalue weighted by Gasteiger charge is -2.23. The first-order valence-corrected chi connectivity index (χ1v) is 7.69. The van der Waals surface area contributed by atoms with Crippen LogP contribution in [0.4, 0.5) is 0 Å². The third-order valence-electron chi connectivity index (χ3n) is 3.51. The molecular weight excluding hydrogens is 338 g/mol. The first-order chi connectivity index (χ1) is 9.42. The number of nitrogens with zero attached hydrogens (tertiary/aromatic N) is 1. The molecule has 0 N–H and O–H groups in total. The van der Waals surface area contributed by atoms with Crippen LogP contribution in [0.25, 0.3) is 0 Å². The van der Waals surface area contributed by atoms with Crippen molar-refractivity contribution in [2.24, 2.45) is 0 Å². The van der Waals surface area contributed by atoms with Crippen molar-refractivity contribution in [1.29, 1.82) is 0 Å². The van der Waals surface area contributed by atoms with E-state index in [9.17, 15) is 0 Å². The summed E-state index contributed by atoms with van der Waals surface area (Å²) in [4.78, 5) is 4.16. The molecule has 2 rings (SSSR count). The fourth-order valence-electron chi connectivity index (χ4n) is 1.77. The van der Waals surface area contributed by atoms with E-state index in [1.165, 1.54) is 5.56 Å². The highest BCUT2D eigenvalue weighted by molar-refractivity contribution is 9.10. The van der Waals surface area contributed by atoms with Gasteiger partial charge >= 0.3 is 0 Å². The summed E-state index contributed by atoms with van der Waals surface area (Å²) in [7, 11) is 0. The molecule has 0 saturated heterocycles. The highest BCUT2D eigenvalue weighted by Crippen LogP contribution is 2.32. The van der Waals surface area contributed by atoms with Gasteiger partial charge in [0.1, 0.15) is 5.75 Å². The molecule has 0 bridgehead atoms. The quantitative estimate of drug-likeness (QED) is 0.674. The summed E-state index contributed by atoms with van der Waals surface area (Å²) in [6.07, 6.45) is 2.66. The number of halogens is 2. The summed E-state index contributed by atoms with van der Waals surface area (Å²) in [6, 6.07) is 9.90. The predicted molar refractivity (Wildman–Crippen MR) is 86.8 cm³/mol. The van der Waals surface area contributed by atoms with Crippen molar-refractivity contribution in [3.63, 3.8) is 0 Å². The zero-order chi connectivity index (χ0) is 14.8. The molecule has 2 nitrogen and oxygen atoms in total. The van der Waals surface area contributed by atoms with E-state index in [4.69, 9.17) is 16.3 Å². The van der Waals surface area contributed by atoms with Crippen LogP contribution in [0.3, 0.4) is 0 Å². The van der Waals surface area contributed by atoms with Crippen LogP contribution < -0.4 is 4.74 Å². The molecule has 20 heavy (non-hydrogen) atoms. The number of benzene rings is 1. The van der Waals surface area contributed by atoms with Gasteiger partial charge in [-0.2, -0.15) is 0 Å². The van der Waals surface area contributed by atoms with Crippen LogP contribution in [0.5, 0.6) is 11.6 Å². The van der Waals surface area contributed by atoms with Gasteiger partial charge in [0.15, 0.2) is 0 Å². The van der Waals surface area contributed by atoms with Gasteiger partial charge in [0.05, 0.1) is 9.50 Å². The van der Waals surface area contributed by atoms with Crippen LogP contribution in [-0.4, -0.2) is 4.98 Å². The van der Waals surface area contributed by atoms with E-state index >= 15 is 0 Å². The maximum atomic E-state index is 5.86. The van der Waals surface area contributed by atoms with Gasteiger partial charge in [-0.1, -0.05) is 44.5 Å². The maximum Gasteiger partial charge on any atom is 0.233 e. The zero-order valence-corrected chi connectivity index (χ0v) is 14.1. The van der Waals surface area contributed by atoms with Crippen LogP contribution in [0, 0.1) is 0 Å². The minimum Gasteiger partial charge on any atom is -0.438 e. The minimum absolute atomic E-state index is 0.178. The number of rotatable bonds is 4. The van der Waals surface area contributed by atoms with Crippen LogP contribution in [0.2, 0.25) is 5.02 Å². The molecule has 0 amide bonds. The third kappa shape index (κ3) is 3.53. The first kappa shape index (κ1) is 15.3. The number of aromatic nitrogens is 1. The van der Waals surface area contributed by atoms with Gasteiger partial charge in [-0.3, -0.25) is 0 Å². The number of hydrogen-bond donors (Lipinski definition) is 0. The van der Waals surface area contributed by atoms with Gasteiger partial charge in [-0.05, 0) is 51.5 Å². The Morgan fingerprint density at radius 2 is 1.90 bits per heavy atom. The molecule has 106 valence electrons. The van der Waals surface area contributed by atoms with E-state index < -0.39 is 0 Å². The summed E-state index contributed by atoms with van der Waals surface area (Å²) < 4.78 is 6.49. The molecular formula is C16H17BrClNO. The van der Waals surface area contributed by atoms with Crippen molar-refractivity contribution in [2.45, 2.75) is 32.6 Å². The Morgan fingerprint density at radius 3 is 2.45 bits per heavy atom. The van der Waals surface area contributed by atoms with Crippen LogP contribution in [0.15, 0.2) is 41.0 Å². The first-order valence-electron chi connectivity index (χ1n) is 6.52. The van der Waals surface area contributed by atoms with E-state index in [1.807, 2.05) is 12.1 Å². The molecule has 2 aromatic rings. The van der Waals surface area contributed by atoms with E-state index in [0.29, 0.717) is 10.9 Å². The summed E-state index contributed by atoms with van der Waals surface area (Å²) in [6.45, 7) is 6.67. The second-order valence-electron chi connectivity index (χ2n) is 5.30. The van der Waals surface area contributed by atoms with E-state index in [-0.39, 0.29) is 5.41 Å². The lowest BCUT2D eigenvalue weighted by Crippen LogP contribution is -2.14. The van der Waals surface area contributed by atoms with Gasteiger partial charge in [0.2, 0.25) is 5.88 Å². The second-order valence-corrected chi connectivity index (χ2v) is 6.60. The smallest absolute Gasteiger partial charge is 0.233 e. The maximum absolute atomic E-state index is 5.86. The number of pyridine rings is 1. The third-order valence-corrected chi connectivity index (χ3v) is 4.28. The fourth-order valence-corrected chi connectivity index (χ4v) is 2.49. The molecule has 1 aromatic heterocycles. The lowest BCUT2D eigenvalue weighted by molar-refractivity contribution is 0.457. The molecule has 1 heterocycles. The van der Waals surface area contributed by atoms with Gasteiger partial charge in [-0.25, -0.2) is 4.98 Å². The Balaban J connectivity index is 2.19. The molecule has 0 atom stereocenters. The van der Waals surface area contributed by atoms with Crippen molar-refractivity contribution in [2.75, 3.05) is 0 Å². The predicted octanol–water partition coefficient (Wildman–Crippen LogP) is 5.98. The largest absolute Gasteiger partial charge is 0.438 e. The molecule has 0 fully saturated rings. The van der Waals surface area contributed by atoms with Crippen LogP contribution in [0.1, 0.15) is 32.8 Å². The van der Waals surface area contributed by atoms with E-state index in [1.54, 1.807) is 12.3 Å². The number of ether oxygens (including phenoxy) is 1. The molecule has 0 radical (unpaired) electrons. The molecule has 0 unspecified atom stereocenters. The molecule has 4 heteroatoms. The van der Waals surface area contributed by atoms with Crippen molar-refractivity contribution >= 4 is 27.5 Å². The van der Waals surface area contributed by atoms with Gasteiger partial charge in [0.25, 0.3) is 0 Å².